The van der Waals surface area contributed by atoms with E-state index in [1.807, 2.05) is 82.3 Å². The molecule has 9 aromatic rings. The molecule has 11 N–H and O–H groups in total. The van der Waals surface area contributed by atoms with E-state index in [9.17, 15) is 34.8 Å². The minimum absolute atomic E-state index is 0.00156. The molecule has 6 fully saturated rings. The van der Waals surface area contributed by atoms with Crippen LogP contribution in [0.2, 0.25) is 25.1 Å². The van der Waals surface area contributed by atoms with Crippen LogP contribution in [-0.2, 0) is 0 Å². The standard InChI is InChI=1S/C23H26Cl2N4O.C21H29ClN4O2.C20H27ClN4O2.C19H27ClN4O2/c1-14(20-5-4-17(24)13-26-20)29-8-6-16(7-9-29)23(2,3)22(30)19-11-18(25)10-15-12-27-28-21(15)19;1-21(2,19(27)17-11-15(22)10-13-12-23-25-18(13)17)14-6-8-26(9-7-14)20(28)24-16-4-3-5-16;1-20(2,13-5-7-25(8-6-13)19(27)23-15-3-4-15)18(26)16-10-14(21)9-12-11-22-24-17(12)16;1-4-21-18(26)24-7-5-13(6-8-24)19(2,3)17(25)15-10-14(20)9-12-11-22-23-16(12)15/h4-5,10-13,16,22,30H,1,6-9H2,2-3H3,(H,27,28);10-12,14,16,19,27H,3-9H2,1-2H3,(H,23,25)(H,24,28);9-11,13,15,18,26H,3-8H2,1-2H3,(H,22,24)(H,23,27);9-11,13,17,25H,4-8H2,1-3H3,(H,21,26)(H,22,23)/t22-;19-;18-;17-/m1111/s1. The van der Waals surface area contributed by atoms with Gasteiger partial charge in [-0.25, -0.2) is 14.4 Å². The molecule has 2 aliphatic carbocycles. The maximum atomic E-state index is 12.4. The molecule has 6 amide bonds. The molecule has 9 heterocycles. The van der Waals surface area contributed by atoms with Gasteiger partial charge in [-0.1, -0.05) is 120 Å². The fourth-order valence-corrected chi connectivity index (χ4v) is 18.3. The van der Waals surface area contributed by atoms with Crippen molar-refractivity contribution in [3.63, 3.8) is 0 Å². The molecule has 6 aliphatic rings. The van der Waals surface area contributed by atoms with Crippen LogP contribution < -0.4 is 16.0 Å². The highest BCUT2D eigenvalue weighted by atomic mass is 35.5. The quantitative estimate of drug-likeness (QED) is 0.0405. The minimum Gasteiger partial charge on any atom is -0.388 e. The van der Waals surface area contributed by atoms with E-state index in [1.165, 1.54) is 6.42 Å². The first-order valence-electron chi connectivity index (χ1n) is 39.3. The molecule has 4 aliphatic heterocycles. The number of rotatable bonds is 17. The molecule has 598 valence electrons. The van der Waals surface area contributed by atoms with Crippen LogP contribution in [0.1, 0.15) is 198 Å². The van der Waals surface area contributed by atoms with E-state index in [0.29, 0.717) is 80.5 Å². The number of fused-ring (bicyclic) bond motifs is 4. The summed E-state index contributed by atoms with van der Waals surface area (Å²) in [6, 6.07) is 19.3. The monoisotopic (exact) mass is 1620 g/mol. The number of piperidine rings is 4. The lowest BCUT2D eigenvalue weighted by atomic mass is 9.68. The lowest BCUT2D eigenvalue weighted by Gasteiger charge is -2.44. The van der Waals surface area contributed by atoms with Crippen molar-refractivity contribution in [1.82, 2.24) is 81.3 Å². The number of aliphatic hydroxyl groups is 4. The Morgan fingerprint density at radius 3 is 0.973 bits per heavy atom. The van der Waals surface area contributed by atoms with E-state index in [2.05, 4.69) is 129 Å². The Kier molecular flexibility index (Phi) is 26.3. The molecule has 4 atom stereocenters. The second kappa shape index (κ2) is 35.1. The third-order valence-corrected chi connectivity index (χ3v) is 26.4. The second-order valence-corrected chi connectivity index (χ2v) is 35.9. The Morgan fingerprint density at radius 1 is 0.423 bits per heavy atom. The van der Waals surface area contributed by atoms with Gasteiger partial charge < -0.3 is 56.0 Å². The molecule has 15 rings (SSSR count). The van der Waals surface area contributed by atoms with Crippen LogP contribution in [0, 0.1) is 45.3 Å². The summed E-state index contributed by atoms with van der Waals surface area (Å²) in [4.78, 5) is 49.0. The molecule has 2 saturated carbocycles. The molecule has 111 heavy (non-hydrogen) atoms. The lowest BCUT2D eigenvalue weighted by molar-refractivity contribution is -0.0145. The van der Waals surface area contributed by atoms with Gasteiger partial charge in [0.2, 0.25) is 0 Å². The highest BCUT2D eigenvalue weighted by Gasteiger charge is 2.45. The van der Waals surface area contributed by atoms with Crippen LogP contribution in [-0.4, -0.2) is 175 Å². The van der Waals surface area contributed by atoms with Crippen molar-refractivity contribution < 1.29 is 34.8 Å². The summed E-state index contributed by atoms with van der Waals surface area (Å²) in [6.45, 7) is 29.8. The topological polar surface area (TPSA) is 309 Å². The Hall–Kier alpha value is -7.45. The van der Waals surface area contributed by atoms with Gasteiger partial charge in [-0.2, -0.15) is 20.4 Å². The molecule has 23 nitrogen and oxygen atoms in total. The summed E-state index contributed by atoms with van der Waals surface area (Å²) in [5.74, 6) is 1.29. The second-order valence-electron chi connectivity index (χ2n) is 33.7. The molecule has 0 bridgehead atoms. The average Bonchev–Trinajstić information content (AvgIpc) is 1.72. The first-order valence-corrected chi connectivity index (χ1v) is 41.1. The van der Waals surface area contributed by atoms with Crippen molar-refractivity contribution in [2.75, 3.05) is 58.9 Å². The predicted octanol–water partition coefficient (Wildman–Crippen LogP) is 17.5. The number of nitrogens with zero attached hydrogens (tertiary/aromatic N) is 9. The number of carbonyl (C=O) groups is 3. The predicted molar refractivity (Wildman–Crippen MR) is 442 cm³/mol. The van der Waals surface area contributed by atoms with Crippen LogP contribution in [0.5, 0.6) is 0 Å². The third kappa shape index (κ3) is 18.8. The molecular formula is C83H109Cl5N16O7. The fourth-order valence-electron chi connectivity index (χ4n) is 17.2. The van der Waals surface area contributed by atoms with Crippen LogP contribution >= 0.6 is 58.0 Å². The zero-order valence-electron chi connectivity index (χ0n) is 65.1. The van der Waals surface area contributed by atoms with Gasteiger partial charge in [-0.15, -0.1) is 0 Å². The molecule has 28 heteroatoms. The fraction of sp³-hybridized carbons (Fsp3) is 0.542. The average molecular weight is 1620 g/mol. The first kappa shape index (κ1) is 83.0. The number of benzene rings is 4. The summed E-state index contributed by atoms with van der Waals surface area (Å²) >= 11 is 31.0. The molecule has 5 aromatic heterocycles. The van der Waals surface area contributed by atoms with Gasteiger partial charge in [0.25, 0.3) is 0 Å². The maximum absolute atomic E-state index is 12.4. The summed E-state index contributed by atoms with van der Waals surface area (Å²) < 4.78 is 0. The number of amides is 6. The van der Waals surface area contributed by atoms with E-state index in [0.717, 1.165) is 194 Å². The third-order valence-electron chi connectivity index (χ3n) is 25.3. The van der Waals surface area contributed by atoms with E-state index >= 15 is 0 Å². The normalized spacial score (nSPS) is 18.6. The van der Waals surface area contributed by atoms with Gasteiger partial charge in [0, 0.05) is 141 Å². The van der Waals surface area contributed by atoms with Gasteiger partial charge in [-0.05, 0) is 196 Å². The lowest BCUT2D eigenvalue weighted by Crippen LogP contribution is -2.51. The number of aliphatic hydroxyl groups excluding tert-OH is 4. The number of hydrogen-bond acceptors (Lipinski definition) is 13. The van der Waals surface area contributed by atoms with Crippen LogP contribution in [0.3, 0.4) is 0 Å². The van der Waals surface area contributed by atoms with E-state index in [4.69, 9.17) is 58.0 Å². The van der Waals surface area contributed by atoms with Gasteiger partial charge in [0.05, 0.1) is 87.7 Å². The number of carbonyl (C=O) groups excluding carboxylic acids is 3. The smallest absolute Gasteiger partial charge is 0.317 e. The number of aromatic amines is 4. The summed E-state index contributed by atoms with van der Waals surface area (Å²) in [5, 5.41) is 89.1. The molecule has 4 saturated heterocycles. The molecule has 0 radical (unpaired) electrons. The molecule has 4 aromatic carbocycles. The van der Waals surface area contributed by atoms with E-state index < -0.39 is 24.4 Å². The number of urea groups is 3. The van der Waals surface area contributed by atoms with Crippen molar-refractivity contribution in [3.05, 3.63) is 151 Å². The Labute approximate surface area is 675 Å². The highest BCUT2D eigenvalue weighted by Crippen LogP contribution is 2.51. The molecule has 0 unspecified atom stereocenters. The number of aromatic nitrogens is 9. The Bertz CT molecular complexity index is 4690. The van der Waals surface area contributed by atoms with Crippen molar-refractivity contribution in [2.24, 2.45) is 45.3 Å². The van der Waals surface area contributed by atoms with Crippen molar-refractivity contribution >= 4 is 125 Å². The number of halogens is 5. The van der Waals surface area contributed by atoms with E-state index in [-0.39, 0.29) is 39.8 Å². The minimum atomic E-state index is -0.676. The van der Waals surface area contributed by atoms with Gasteiger partial charge >= 0.3 is 18.1 Å². The van der Waals surface area contributed by atoms with Crippen molar-refractivity contribution in [2.45, 2.75) is 182 Å². The maximum Gasteiger partial charge on any atom is 0.317 e. The Balaban J connectivity index is 0.000000138. The number of hydrogen-bond donors (Lipinski definition) is 11. The van der Waals surface area contributed by atoms with Gasteiger partial charge in [0.1, 0.15) is 0 Å². The first-order chi connectivity index (χ1) is 52.8. The zero-order chi connectivity index (χ0) is 79.4. The number of likely N-dealkylation sites (tertiary alicyclic amines) is 4. The molecular weight excluding hydrogens is 1510 g/mol. The van der Waals surface area contributed by atoms with E-state index in [1.54, 1.807) is 31.0 Å². The Morgan fingerprint density at radius 2 is 0.712 bits per heavy atom. The summed E-state index contributed by atoms with van der Waals surface area (Å²) in [6.07, 6.45) is 18.7. The van der Waals surface area contributed by atoms with Gasteiger partial charge in [0.15, 0.2) is 0 Å². The van der Waals surface area contributed by atoms with Crippen molar-refractivity contribution in [3.8, 4) is 0 Å². The van der Waals surface area contributed by atoms with Crippen molar-refractivity contribution in [1.29, 1.82) is 0 Å². The van der Waals surface area contributed by atoms with Crippen LogP contribution in [0.15, 0.2) is 98.2 Å². The number of pyridine rings is 1. The SMILES string of the molecule is C=C(c1ccc(Cl)cn1)N1CCC(C(C)(C)[C@H](O)c2cc(Cl)cc3cn[nH]c23)CC1.CC(C)(C1CCN(C(=O)NC2CC2)CC1)[C@H](O)c1cc(Cl)cc2cn[nH]c12.CC(C)(C1CCN(C(=O)NC2CCC2)CC1)[C@H](O)c1cc(Cl)cc2cn[nH]c12.CCNC(=O)N1CCC(C(C)(C)[C@H](O)c2cc(Cl)cc3cn[nH]c23)CC1. The number of H-pyrrole nitrogens is 4. The summed E-state index contributed by atoms with van der Waals surface area (Å²) in [5.41, 5.74) is 6.89. The zero-order valence-corrected chi connectivity index (χ0v) is 68.9. The number of nitrogens with one attached hydrogen (secondary N) is 7. The molecule has 0 spiro atoms. The van der Waals surface area contributed by atoms with Gasteiger partial charge in [-0.3, -0.25) is 25.4 Å². The summed E-state index contributed by atoms with van der Waals surface area (Å²) in [7, 11) is 0. The largest absolute Gasteiger partial charge is 0.388 e. The van der Waals surface area contributed by atoms with Crippen LogP contribution in [0.25, 0.3) is 49.3 Å². The highest BCUT2D eigenvalue weighted by molar-refractivity contribution is 6.32. The van der Waals surface area contributed by atoms with Crippen LogP contribution in [0.4, 0.5) is 14.4 Å².